The highest BCUT2D eigenvalue weighted by Crippen LogP contribution is 2.53. The lowest BCUT2D eigenvalue weighted by atomic mass is 9.63. The van der Waals surface area contributed by atoms with Crippen LogP contribution in [0.5, 0.6) is 0 Å². The summed E-state index contributed by atoms with van der Waals surface area (Å²) < 4.78 is 0. The molecule has 0 aromatic heterocycles. The quantitative estimate of drug-likeness (QED) is 0.728. The predicted molar refractivity (Wildman–Crippen MR) is 75.6 cm³/mol. The molecule has 1 fully saturated rings. The lowest BCUT2D eigenvalue weighted by molar-refractivity contribution is -0.140. The molecule has 3 heteroatoms. The Morgan fingerprint density at radius 3 is 2.16 bits per heavy atom. The highest BCUT2D eigenvalue weighted by Gasteiger charge is 2.59. The van der Waals surface area contributed by atoms with Gasteiger partial charge in [-0.05, 0) is 46.3 Å². The largest absolute Gasteiger partial charge is 0.336 e. The normalized spacial score (nSPS) is 29.6. The first-order valence-electron chi connectivity index (χ1n) is 6.91. The van der Waals surface area contributed by atoms with Crippen molar-refractivity contribution in [3.63, 3.8) is 0 Å². The number of hydrogen-bond acceptors (Lipinski definition) is 2. The fourth-order valence-corrected chi connectivity index (χ4v) is 3.07. The van der Waals surface area contributed by atoms with Crippen LogP contribution in [0.25, 0.3) is 0 Å². The minimum atomic E-state index is -0.464. The predicted octanol–water partition coefficient (Wildman–Crippen LogP) is 2.72. The van der Waals surface area contributed by atoms with E-state index >= 15 is 0 Å². The summed E-state index contributed by atoms with van der Waals surface area (Å²) in [5.41, 5.74) is -1.01. The molecule has 104 valence electrons. The average molecular weight is 261 g/mol. The van der Waals surface area contributed by atoms with E-state index in [0.29, 0.717) is 6.54 Å². The number of hydrogen-bond donors (Lipinski definition) is 0. The number of allylic oxidation sites excluding steroid dienone is 2. The van der Waals surface area contributed by atoms with Crippen LogP contribution < -0.4 is 0 Å². The molecular formula is C16H23NO2. The van der Waals surface area contributed by atoms with Crippen LogP contribution in [-0.2, 0) is 9.59 Å². The van der Waals surface area contributed by atoms with Gasteiger partial charge in [-0.1, -0.05) is 19.1 Å². The second kappa shape index (κ2) is 4.06. The Morgan fingerprint density at radius 2 is 1.74 bits per heavy atom. The van der Waals surface area contributed by atoms with Crippen molar-refractivity contribution in [2.45, 2.75) is 46.6 Å². The van der Waals surface area contributed by atoms with E-state index in [9.17, 15) is 9.59 Å². The van der Waals surface area contributed by atoms with E-state index in [2.05, 4.69) is 20.8 Å². The number of ketones is 1. The van der Waals surface area contributed by atoms with Gasteiger partial charge in [0, 0.05) is 17.5 Å². The molecular weight excluding hydrogens is 238 g/mol. The lowest BCUT2D eigenvalue weighted by Gasteiger charge is -2.36. The van der Waals surface area contributed by atoms with Gasteiger partial charge in [0.15, 0.2) is 5.78 Å². The number of likely N-dealkylation sites (tertiary alicyclic amines) is 1. The molecule has 0 bridgehead atoms. The van der Waals surface area contributed by atoms with Crippen LogP contribution >= 0.6 is 0 Å². The average Bonchev–Trinajstić information content (AvgIpc) is 2.55. The van der Waals surface area contributed by atoms with E-state index in [4.69, 9.17) is 0 Å². The Balaban J connectivity index is 2.51. The van der Waals surface area contributed by atoms with Gasteiger partial charge in [0.2, 0.25) is 5.91 Å². The molecule has 0 N–H and O–H groups in total. The first-order valence-corrected chi connectivity index (χ1v) is 6.91. The first-order chi connectivity index (χ1) is 8.66. The highest BCUT2D eigenvalue weighted by molar-refractivity contribution is 6.01. The van der Waals surface area contributed by atoms with Crippen molar-refractivity contribution in [1.29, 1.82) is 0 Å². The maximum absolute atomic E-state index is 12.8. The summed E-state index contributed by atoms with van der Waals surface area (Å²) in [5.74, 6) is 0.192. The third-order valence-corrected chi connectivity index (χ3v) is 4.77. The highest BCUT2D eigenvalue weighted by atomic mass is 16.2. The van der Waals surface area contributed by atoms with E-state index in [1.54, 1.807) is 12.2 Å². The second-order valence-electron chi connectivity index (χ2n) is 6.86. The van der Waals surface area contributed by atoms with E-state index < -0.39 is 5.41 Å². The SMILES string of the molecule is CC[C@]1(C)C(=O)N(C(C)(C)C)CC12C=CC(=O)C=C2. The van der Waals surface area contributed by atoms with Gasteiger partial charge in [0.05, 0.1) is 5.41 Å². The van der Waals surface area contributed by atoms with Crippen molar-refractivity contribution in [3.05, 3.63) is 24.3 Å². The smallest absolute Gasteiger partial charge is 0.230 e. The Hall–Kier alpha value is -1.38. The Labute approximate surface area is 115 Å². The van der Waals surface area contributed by atoms with Gasteiger partial charge in [0.25, 0.3) is 0 Å². The molecule has 2 rings (SSSR count). The van der Waals surface area contributed by atoms with E-state index in [1.807, 2.05) is 30.9 Å². The molecule has 1 aliphatic carbocycles. The van der Waals surface area contributed by atoms with Crippen molar-refractivity contribution in [3.8, 4) is 0 Å². The summed E-state index contributed by atoms with van der Waals surface area (Å²) in [6.45, 7) is 10.9. The lowest BCUT2D eigenvalue weighted by Crippen LogP contribution is -2.44. The Kier molecular flexibility index (Phi) is 3.00. The molecule has 0 aromatic rings. The summed E-state index contributed by atoms with van der Waals surface area (Å²) in [5, 5.41) is 0. The van der Waals surface area contributed by atoms with Crippen molar-refractivity contribution in [2.75, 3.05) is 6.54 Å². The van der Waals surface area contributed by atoms with Gasteiger partial charge in [-0.15, -0.1) is 0 Å². The maximum atomic E-state index is 12.8. The molecule has 0 radical (unpaired) electrons. The van der Waals surface area contributed by atoms with Crippen LogP contribution in [0.3, 0.4) is 0 Å². The van der Waals surface area contributed by atoms with Crippen molar-refractivity contribution in [1.82, 2.24) is 4.90 Å². The van der Waals surface area contributed by atoms with E-state index in [1.165, 1.54) is 0 Å². The number of rotatable bonds is 1. The monoisotopic (exact) mass is 261 g/mol. The molecule has 1 amide bonds. The molecule has 1 aliphatic heterocycles. The van der Waals surface area contributed by atoms with Crippen LogP contribution in [0.1, 0.15) is 41.0 Å². The molecule has 1 saturated heterocycles. The van der Waals surface area contributed by atoms with Crippen LogP contribution in [0.15, 0.2) is 24.3 Å². The number of nitrogens with zero attached hydrogens (tertiary/aromatic N) is 1. The van der Waals surface area contributed by atoms with E-state index in [0.717, 1.165) is 6.42 Å². The van der Waals surface area contributed by atoms with Gasteiger partial charge in [-0.2, -0.15) is 0 Å². The zero-order valence-electron chi connectivity index (χ0n) is 12.5. The Bertz CT molecular complexity index is 465. The second-order valence-corrected chi connectivity index (χ2v) is 6.86. The molecule has 0 saturated carbocycles. The molecule has 2 aliphatic rings. The summed E-state index contributed by atoms with van der Waals surface area (Å²) >= 11 is 0. The maximum Gasteiger partial charge on any atom is 0.230 e. The standard InChI is InChI=1S/C16H23NO2/c1-6-15(5)13(19)17(14(2,3)4)11-16(15)9-7-12(18)8-10-16/h7-10H,6,11H2,1-5H3/t15-/m1/s1. The summed E-state index contributed by atoms with van der Waals surface area (Å²) in [6, 6.07) is 0. The van der Waals surface area contributed by atoms with Crippen LogP contribution in [0.2, 0.25) is 0 Å². The van der Waals surface area contributed by atoms with Gasteiger partial charge in [-0.25, -0.2) is 0 Å². The topological polar surface area (TPSA) is 37.4 Å². The molecule has 3 nitrogen and oxygen atoms in total. The van der Waals surface area contributed by atoms with Crippen LogP contribution in [-0.4, -0.2) is 28.7 Å². The fraction of sp³-hybridized carbons (Fsp3) is 0.625. The van der Waals surface area contributed by atoms with Gasteiger partial charge in [-0.3, -0.25) is 9.59 Å². The van der Waals surface area contributed by atoms with Gasteiger partial charge in [0.1, 0.15) is 0 Å². The molecule has 0 aromatic carbocycles. The van der Waals surface area contributed by atoms with Crippen LogP contribution in [0.4, 0.5) is 0 Å². The molecule has 19 heavy (non-hydrogen) atoms. The van der Waals surface area contributed by atoms with Gasteiger partial charge >= 0.3 is 0 Å². The number of carbonyl (C=O) groups excluding carboxylic acids is 2. The molecule has 1 heterocycles. The molecule has 1 atom stereocenters. The Morgan fingerprint density at radius 1 is 1.21 bits per heavy atom. The van der Waals surface area contributed by atoms with Crippen LogP contribution in [0, 0.1) is 10.8 Å². The zero-order valence-corrected chi connectivity index (χ0v) is 12.5. The number of amides is 1. The molecule has 0 unspecified atom stereocenters. The third kappa shape index (κ3) is 1.87. The van der Waals surface area contributed by atoms with Crippen molar-refractivity contribution >= 4 is 11.7 Å². The zero-order chi connectivity index (χ0) is 14.5. The summed E-state index contributed by atoms with van der Waals surface area (Å²) in [4.78, 5) is 26.2. The third-order valence-electron chi connectivity index (χ3n) is 4.77. The molecule has 1 spiro atoms. The fourth-order valence-electron chi connectivity index (χ4n) is 3.07. The van der Waals surface area contributed by atoms with Crippen molar-refractivity contribution < 1.29 is 9.59 Å². The summed E-state index contributed by atoms with van der Waals surface area (Å²) in [6.07, 6.45) is 7.84. The van der Waals surface area contributed by atoms with Crippen molar-refractivity contribution in [2.24, 2.45) is 10.8 Å². The van der Waals surface area contributed by atoms with Gasteiger partial charge < -0.3 is 4.90 Å². The first kappa shape index (κ1) is 14.0. The minimum absolute atomic E-state index is 0.00531. The summed E-state index contributed by atoms with van der Waals surface area (Å²) in [7, 11) is 0. The number of carbonyl (C=O) groups is 2. The van der Waals surface area contributed by atoms with E-state index in [-0.39, 0.29) is 22.6 Å². The minimum Gasteiger partial charge on any atom is -0.336 e.